The molecule has 6 nitrogen and oxygen atoms in total. The molecule has 2 heterocycles. The van der Waals surface area contributed by atoms with Gasteiger partial charge in [0.15, 0.2) is 5.78 Å². The van der Waals surface area contributed by atoms with E-state index in [0.717, 1.165) is 11.0 Å². The number of hydrogen-bond donors (Lipinski definition) is 1. The van der Waals surface area contributed by atoms with Crippen molar-refractivity contribution in [1.82, 2.24) is 19.9 Å². The third kappa shape index (κ3) is 3.66. The molecule has 138 valence electrons. The molecule has 0 spiro atoms. The lowest BCUT2D eigenvalue weighted by atomic mass is 10.1. The number of benzene rings is 2. The first kappa shape index (κ1) is 17.6. The van der Waals surface area contributed by atoms with Gasteiger partial charge < -0.3 is 9.88 Å². The molecule has 6 heteroatoms. The third-order valence-electron chi connectivity index (χ3n) is 4.44. The number of imidazole rings is 1. The topological polar surface area (TPSA) is 76.9 Å². The summed E-state index contributed by atoms with van der Waals surface area (Å²) in [4.78, 5) is 33.7. The number of nitrogens with zero attached hydrogens (tertiary/aromatic N) is 3. The number of carbonyl (C=O) groups is 2. The first-order valence-corrected chi connectivity index (χ1v) is 8.94. The summed E-state index contributed by atoms with van der Waals surface area (Å²) in [5.41, 5.74) is 2.62. The van der Waals surface area contributed by atoms with Crippen molar-refractivity contribution in [2.45, 2.75) is 13.1 Å². The lowest BCUT2D eigenvalue weighted by Crippen LogP contribution is -2.26. The Labute approximate surface area is 161 Å². The molecule has 0 radical (unpaired) electrons. The monoisotopic (exact) mass is 370 g/mol. The Hall–Kier alpha value is -3.80. The van der Waals surface area contributed by atoms with Crippen LogP contribution in [0.2, 0.25) is 0 Å². The molecule has 2 aromatic carbocycles. The van der Waals surface area contributed by atoms with Gasteiger partial charge in [-0.3, -0.25) is 14.6 Å². The molecule has 0 aliphatic rings. The van der Waals surface area contributed by atoms with Crippen LogP contribution in [-0.4, -0.2) is 26.2 Å². The van der Waals surface area contributed by atoms with Gasteiger partial charge in [-0.15, -0.1) is 0 Å². The Morgan fingerprint density at radius 2 is 1.64 bits per heavy atom. The zero-order valence-electron chi connectivity index (χ0n) is 15.1. The Balaban J connectivity index is 1.60. The second-order valence-electron chi connectivity index (χ2n) is 6.29. The van der Waals surface area contributed by atoms with E-state index >= 15 is 0 Å². The molecule has 4 rings (SSSR count). The molecule has 4 aromatic rings. The number of hydrogen-bond acceptors (Lipinski definition) is 4. The molecular weight excluding hydrogens is 352 g/mol. The molecule has 0 atom stereocenters. The summed E-state index contributed by atoms with van der Waals surface area (Å²) in [6.45, 7) is 0.353. The van der Waals surface area contributed by atoms with Gasteiger partial charge in [-0.05, 0) is 24.3 Å². The van der Waals surface area contributed by atoms with Crippen LogP contribution >= 0.6 is 0 Å². The molecule has 0 saturated carbocycles. The summed E-state index contributed by atoms with van der Waals surface area (Å²) < 4.78 is 1.85. The minimum Gasteiger partial charge on any atom is -0.343 e. The third-order valence-corrected chi connectivity index (χ3v) is 4.44. The highest BCUT2D eigenvalue weighted by Crippen LogP contribution is 2.17. The maximum absolute atomic E-state index is 12.7. The van der Waals surface area contributed by atoms with Gasteiger partial charge in [0.25, 0.3) is 5.91 Å². The SMILES string of the molecule is O=C(Cn1c(CNC(=O)c2ccccn2)nc2ccccc21)c1ccccc1. The fraction of sp³-hybridized carbons (Fsp3) is 0.0909. The highest BCUT2D eigenvalue weighted by atomic mass is 16.2. The largest absolute Gasteiger partial charge is 0.343 e. The van der Waals surface area contributed by atoms with Gasteiger partial charge in [-0.1, -0.05) is 48.5 Å². The number of nitrogens with one attached hydrogen (secondary N) is 1. The van der Waals surface area contributed by atoms with Crippen molar-refractivity contribution in [3.63, 3.8) is 0 Å². The Bertz CT molecular complexity index is 1120. The molecule has 0 unspecified atom stereocenters. The highest BCUT2D eigenvalue weighted by Gasteiger charge is 2.16. The molecule has 28 heavy (non-hydrogen) atoms. The van der Waals surface area contributed by atoms with Crippen LogP contribution in [-0.2, 0) is 13.1 Å². The Kier molecular flexibility index (Phi) is 4.93. The number of Topliss-reactive ketones (excluding diaryl/α,β-unsaturated/α-hetero) is 1. The number of carbonyl (C=O) groups excluding carboxylic acids is 2. The van der Waals surface area contributed by atoms with Crippen LogP contribution in [0, 0.1) is 0 Å². The fourth-order valence-corrected chi connectivity index (χ4v) is 3.04. The van der Waals surface area contributed by atoms with Crippen molar-refractivity contribution in [3.8, 4) is 0 Å². The van der Waals surface area contributed by atoms with Crippen LogP contribution < -0.4 is 5.32 Å². The lowest BCUT2D eigenvalue weighted by molar-refractivity contribution is 0.0944. The number of para-hydroxylation sites is 2. The Morgan fingerprint density at radius 1 is 0.893 bits per heavy atom. The minimum atomic E-state index is -0.284. The van der Waals surface area contributed by atoms with Crippen LogP contribution in [0.3, 0.4) is 0 Å². The Morgan fingerprint density at radius 3 is 2.43 bits per heavy atom. The summed E-state index contributed by atoms with van der Waals surface area (Å²) in [7, 11) is 0. The smallest absolute Gasteiger partial charge is 0.270 e. The predicted octanol–water partition coefficient (Wildman–Crippen LogP) is 3.24. The van der Waals surface area contributed by atoms with E-state index < -0.39 is 0 Å². The van der Waals surface area contributed by atoms with Crippen LogP contribution in [0.5, 0.6) is 0 Å². The van der Waals surface area contributed by atoms with E-state index in [1.165, 1.54) is 0 Å². The number of pyridine rings is 1. The normalized spacial score (nSPS) is 10.7. The maximum Gasteiger partial charge on any atom is 0.270 e. The van der Waals surface area contributed by atoms with Gasteiger partial charge >= 0.3 is 0 Å². The summed E-state index contributed by atoms with van der Waals surface area (Å²) in [5.74, 6) is 0.324. The lowest BCUT2D eigenvalue weighted by Gasteiger charge is -2.10. The standard InChI is InChI=1S/C22H18N4O2/c27-20(16-8-2-1-3-9-16)15-26-19-12-5-4-10-17(19)25-21(26)14-24-22(28)18-11-6-7-13-23-18/h1-13H,14-15H2,(H,24,28). The minimum absolute atomic E-state index is 0.0129. The van der Waals surface area contributed by atoms with Crippen molar-refractivity contribution in [1.29, 1.82) is 0 Å². The van der Waals surface area contributed by atoms with Gasteiger partial charge in [0.2, 0.25) is 0 Å². The molecule has 0 bridgehead atoms. The molecular formula is C22H18N4O2. The van der Waals surface area contributed by atoms with Crippen molar-refractivity contribution >= 4 is 22.7 Å². The quantitative estimate of drug-likeness (QED) is 0.529. The van der Waals surface area contributed by atoms with Crippen molar-refractivity contribution in [3.05, 3.63) is 96.1 Å². The van der Waals surface area contributed by atoms with E-state index in [1.807, 2.05) is 47.0 Å². The highest BCUT2D eigenvalue weighted by molar-refractivity contribution is 5.96. The molecule has 0 aliphatic heterocycles. The van der Waals surface area contributed by atoms with E-state index in [1.54, 1.807) is 36.5 Å². The number of amides is 1. The fourth-order valence-electron chi connectivity index (χ4n) is 3.04. The van der Waals surface area contributed by atoms with Crippen LogP contribution in [0.25, 0.3) is 11.0 Å². The number of fused-ring (bicyclic) bond motifs is 1. The molecule has 0 fully saturated rings. The van der Waals surface area contributed by atoms with E-state index in [2.05, 4.69) is 15.3 Å². The van der Waals surface area contributed by atoms with Crippen molar-refractivity contribution in [2.24, 2.45) is 0 Å². The van der Waals surface area contributed by atoms with Gasteiger partial charge in [0.1, 0.15) is 11.5 Å². The molecule has 1 amide bonds. The molecule has 2 aromatic heterocycles. The van der Waals surface area contributed by atoms with Crippen molar-refractivity contribution in [2.75, 3.05) is 0 Å². The number of ketones is 1. The number of aromatic nitrogens is 3. The maximum atomic E-state index is 12.7. The van der Waals surface area contributed by atoms with Crippen LogP contribution in [0.15, 0.2) is 79.0 Å². The van der Waals surface area contributed by atoms with E-state index in [-0.39, 0.29) is 24.8 Å². The average molecular weight is 370 g/mol. The van der Waals surface area contributed by atoms with Crippen LogP contribution in [0.4, 0.5) is 0 Å². The van der Waals surface area contributed by atoms with Gasteiger partial charge in [-0.2, -0.15) is 0 Å². The van der Waals surface area contributed by atoms with Gasteiger partial charge in [0.05, 0.1) is 24.1 Å². The van der Waals surface area contributed by atoms with Crippen LogP contribution in [0.1, 0.15) is 26.7 Å². The number of rotatable bonds is 6. The average Bonchev–Trinajstić information content (AvgIpc) is 3.10. The summed E-state index contributed by atoms with van der Waals surface area (Å²) in [6, 6.07) is 21.9. The summed E-state index contributed by atoms with van der Waals surface area (Å²) in [5, 5.41) is 2.83. The predicted molar refractivity (Wildman–Crippen MR) is 106 cm³/mol. The van der Waals surface area contributed by atoms with Gasteiger partial charge in [0, 0.05) is 11.8 Å². The first-order valence-electron chi connectivity index (χ1n) is 8.94. The van der Waals surface area contributed by atoms with E-state index in [0.29, 0.717) is 17.1 Å². The molecule has 1 N–H and O–H groups in total. The zero-order valence-corrected chi connectivity index (χ0v) is 15.1. The second-order valence-corrected chi connectivity index (χ2v) is 6.29. The molecule has 0 saturated heterocycles. The van der Waals surface area contributed by atoms with Gasteiger partial charge in [-0.25, -0.2) is 4.98 Å². The van der Waals surface area contributed by atoms with Crippen molar-refractivity contribution < 1.29 is 9.59 Å². The first-order chi connectivity index (χ1) is 13.7. The summed E-state index contributed by atoms with van der Waals surface area (Å²) in [6.07, 6.45) is 1.57. The molecule has 0 aliphatic carbocycles. The van der Waals surface area contributed by atoms with E-state index in [4.69, 9.17) is 0 Å². The van der Waals surface area contributed by atoms with E-state index in [9.17, 15) is 9.59 Å². The second kappa shape index (κ2) is 7.84. The zero-order chi connectivity index (χ0) is 19.3. The summed E-state index contributed by atoms with van der Waals surface area (Å²) >= 11 is 0.